The molecule has 0 aliphatic carbocycles. The van der Waals surface area contributed by atoms with E-state index in [2.05, 4.69) is 0 Å². The van der Waals surface area contributed by atoms with Gasteiger partial charge in [0.25, 0.3) is 0 Å². The highest BCUT2D eigenvalue weighted by molar-refractivity contribution is 6.16. The first-order valence-corrected chi connectivity index (χ1v) is 19.2. The van der Waals surface area contributed by atoms with Crippen LogP contribution in [-0.4, -0.2) is 42.7 Å². The van der Waals surface area contributed by atoms with Crippen molar-refractivity contribution < 1.29 is 94.3 Å². The first-order chi connectivity index (χ1) is 32.7. The Hall–Kier alpha value is -7.71. The van der Waals surface area contributed by atoms with E-state index < -0.39 is 154 Å². The fourth-order valence-electron chi connectivity index (χ4n) is 7.69. The number of benzene rings is 7. The lowest BCUT2D eigenvalue weighted by molar-refractivity contribution is 0.381. The maximum atomic E-state index is 16.9. The second-order valence-electron chi connectivity index (χ2n) is 14.4. The van der Waals surface area contributed by atoms with Crippen LogP contribution in [0.1, 0.15) is 0 Å². The molecular weight excluding hydrogens is 957 g/mol. The van der Waals surface area contributed by atoms with Gasteiger partial charge in [0.05, 0.1) is 59.3 Å². The largest absolute Gasteiger partial charge is 0.497 e. The number of halogens is 15. The Labute approximate surface area is 379 Å². The summed E-state index contributed by atoms with van der Waals surface area (Å²) in [5.41, 5.74) is -17.8. The molecule has 0 aliphatic heterocycles. The van der Waals surface area contributed by atoms with Gasteiger partial charge in [-0.15, -0.1) is 0 Å². The Morgan fingerprint density at radius 2 is 0.333 bits per heavy atom. The number of hydrogen-bond acceptors (Lipinski definition) is 6. The molecule has 0 saturated carbocycles. The lowest BCUT2D eigenvalue weighted by atomic mass is 9.73. The minimum Gasteiger partial charge on any atom is -0.497 e. The van der Waals surface area contributed by atoms with Crippen LogP contribution in [0.3, 0.4) is 0 Å². The van der Waals surface area contributed by atoms with Crippen LogP contribution in [0.5, 0.6) is 34.5 Å². The molecule has 0 bridgehead atoms. The molecule has 7 rings (SSSR count). The Morgan fingerprint density at radius 3 is 0.478 bits per heavy atom. The normalized spacial score (nSPS) is 11.3. The van der Waals surface area contributed by atoms with Gasteiger partial charge in [0, 0.05) is 34.9 Å². The van der Waals surface area contributed by atoms with Gasteiger partial charge in [-0.25, -0.2) is 65.9 Å². The predicted octanol–water partition coefficient (Wildman–Crippen LogP) is 13.8. The van der Waals surface area contributed by atoms with E-state index in [1.54, 1.807) is 0 Å². The summed E-state index contributed by atoms with van der Waals surface area (Å²) < 4.78 is 273. The summed E-state index contributed by atoms with van der Waals surface area (Å²) in [6.45, 7) is 0. The smallest absolute Gasteiger partial charge is 0.200 e. The van der Waals surface area contributed by atoms with Crippen LogP contribution >= 0.6 is 0 Å². The quantitative estimate of drug-likeness (QED) is 0.0691. The van der Waals surface area contributed by atoms with E-state index in [1.165, 1.54) is 0 Å². The molecule has 0 aliphatic rings. The maximum absolute atomic E-state index is 16.9. The van der Waals surface area contributed by atoms with E-state index in [1.807, 2.05) is 0 Å². The first-order valence-electron chi connectivity index (χ1n) is 19.2. The molecular formula is C48H27F15O6. The summed E-state index contributed by atoms with van der Waals surface area (Å²) in [7, 11) is 6.10. The predicted molar refractivity (Wildman–Crippen MR) is 218 cm³/mol. The van der Waals surface area contributed by atoms with Gasteiger partial charge in [-0.2, -0.15) is 0 Å². The van der Waals surface area contributed by atoms with Crippen LogP contribution in [0, 0.1) is 87.3 Å². The summed E-state index contributed by atoms with van der Waals surface area (Å²) in [6, 6.07) is 8.35. The molecule has 360 valence electrons. The summed E-state index contributed by atoms with van der Waals surface area (Å²) in [5.74, 6) is -44.0. The fraction of sp³-hybridized carbons (Fsp3) is 0.125. The summed E-state index contributed by atoms with van der Waals surface area (Å²) >= 11 is 0. The molecule has 7 aromatic rings. The zero-order valence-corrected chi connectivity index (χ0v) is 35.8. The molecule has 0 spiro atoms. The Bertz CT molecular complexity index is 2750. The summed E-state index contributed by atoms with van der Waals surface area (Å²) in [5, 5.41) is 0. The highest BCUT2D eigenvalue weighted by Crippen LogP contribution is 2.60. The first kappa shape index (κ1) is 49.2. The Morgan fingerprint density at radius 1 is 0.188 bits per heavy atom. The van der Waals surface area contributed by atoms with Crippen LogP contribution in [0.2, 0.25) is 0 Å². The average molecular weight is 985 g/mol. The standard InChI is InChI=1S/C48H27F15O6/c1-64-19-7-16(8-20(13-19)65-2)25-28(31-34(49)40(55)46(61)41(56)35(31)50)26(17-9-21(66-3)14-22(10-17)67-4)30(33-38(53)44(59)48(63)45(60)39(33)54)27(18-11-23(68-5)15-24(12-18)69-6)29(25)32-36(51)42(57)47(62)43(58)37(32)52/h7-15H,1-6H3. The maximum Gasteiger partial charge on any atom is 0.200 e. The zero-order valence-electron chi connectivity index (χ0n) is 35.8. The van der Waals surface area contributed by atoms with Gasteiger partial charge in [0.1, 0.15) is 34.5 Å². The molecule has 0 fully saturated rings. The molecule has 0 amide bonds. The zero-order chi connectivity index (χ0) is 50.7. The van der Waals surface area contributed by atoms with Crippen molar-refractivity contribution in [1.29, 1.82) is 0 Å². The number of ether oxygens (including phenoxy) is 6. The second kappa shape index (κ2) is 18.8. The van der Waals surface area contributed by atoms with E-state index >= 15 is 65.9 Å². The van der Waals surface area contributed by atoms with Gasteiger partial charge >= 0.3 is 0 Å². The fourth-order valence-corrected chi connectivity index (χ4v) is 7.69. The molecule has 0 unspecified atom stereocenters. The lowest BCUT2D eigenvalue weighted by Gasteiger charge is -2.30. The van der Waals surface area contributed by atoms with Crippen LogP contribution in [-0.2, 0) is 0 Å². The molecule has 0 N–H and O–H groups in total. The van der Waals surface area contributed by atoms with Crippen LogP contribution in [0.25, 0.3) is 66.8 Å². The van der Waals surface area contributed by atoms with Gasteiger partial charge in [-0.3, -0.25) is 0 Å². The molecule has 21 heteroatoms. The van der Waals surface area contributed by atoms with E-state index in [9.17, 15) is 0 Å². The number of hydrogen-bond donors (Lipinski definition) is 0. The average Bonchev–Trinajstić information content (AvgIpc) is 3.36. The third-order valence-corrected chi connectivity index (χ3v) is 10.8. The van der Waals surface area contributed by atoms with Crippen molar-refractivity contribution >= 4 is 0 Å². The molecule has 0 heterocycles. The van der Waals surface area contributed by atoms with Gasteiger partial charge < -0.3 is 28.4 Å². The van der Waals surface area contributed by atoms with Gasteiger partial charge in [-0.05, 0) is 69.8 Å². The van der Waals surface area contributed by atoms with Crippen molar-refractivity contribution in [2.75, 3.05) is 42.7 Å². The molecule has 0 saturated heterocycles. The molecule has 69 heavy (non-hydrogen) atoms. The molecule has 0 radical (unpaired) electrons. The lowest BCUT2D eigenvalue weighted by Crippen LogP contribution is -2.12. The highest BCUT2D eigenvalue weighted by atomic mass is 19.2. The Balaban J connectivity index is 2.10. The topological polar surface area (TPSA) is 55.4 Å². The minimum absolute atomic E-state index is 0.367. The molecule has 0 aromatic heterocycles. The second-order valence-corrected chi connectivity index (χ2v) is 14.4. The van der Waals surface area contributed by atoms with Gasteiger partial charge in [0.15, 0.2) is 69.8 Å². The van der Waals surface area contributed by atoms with Crippen molar-refractivity contribution in [2.45, 2.75) is 0 Å². The van der Waals surface area contributed by atoms with E-state index in [4.69, 9.17) is 28.4 Å². The van der Waals surface area contributed by atoms with Gasteiger partial charge in [0.2, 0.25) is 17.5 Å². The van der Waals surface area contributed by atoms with E-state index in [-0.39, 0.29) is 34.5 Å². The monoisotopic (exact) mass is 984 g/mol. The number of methoxy groups -OCH3 is 6. The number of rotatable bonds is 12. The highest BCUT2D eigenvalue weighted by Gasteiger charge is 2.41. The van der Waals surface area contributed by atoms with Crippen molar-refractivity contribution in [3.63, 3.8) is 0 Å². The van der Waals surface area contributed by atoms with Crippen molar-refractivity contribution in [1.82, 2.24) is 0 Å². The van der Waals surface area contributed by atoms with Crippen molar-refractivity contribution in [3.05, 3.63) is 142 Å². The minimum atomic E-state index is -2.83. The van der Waals surface area contributed by atoms with E-state index in [0.717, 1.165) is 97.3 Å². The van der Waals surface area contributed by atoms with Crippen molar-refractivity contribution in [3.8, 4) is 101 Å². The van der Waals surface area contributed by atoms with Crippen LogP contribution in [0.4, 0.5) is 65.9 Å². The van der Waals surface area contributed by atoms with Crippen LogP contribution < -0.4 is 28.4 Å². The van der Waals surface area contributed by atoms with Crippen molar-refractivity contribution in [2.24, 2.45) is 0 Å². The summed E-state index contributed by atoms with van der Waals surface area (Å²) in [4.78, 5) is 0. The third kappa shape index (κ3) is 7.97. The third-order valence-electron chi connectivity index (χ3n) is 10.8. The molecule has 7 aromatic carbocycles. The summed E-state index contributed by atoms with van der Waals surface area (Å²) in [6.07, 6.45) is 0. The van der Waals surface area contributed by atoms with E-state index in [0.29, 0.717) is 0 Å². The van der Waals surface area contributed by atoms with Gasteiger partial charge in [-0.1, -0.05) is 0 Å². The Kier molecular flexibility index (Phi) is 13.4. The molecule has 6 nitrogen and oxygen atoms in total. The molecule has 0 atom stereocenters. The van der Waals surface area contributed by atoms with Crippen LogP contribution in [0.15, 0.2) is 54.6 Å². The SMILES string of the molecule is COc1cc(OC)cc(-c2c(-c3c(F)c(F)c(F)c(F)c3F)c(-c3cc(OC)cc(OC)c3)c(-c3c(F)c(F)c(F)c(F)c3F)c(-c3cc(OC)cc(OC)c3)c2-c2c(F)c(F)c(F)c(F)c2F)c1.